The second kappa shape index (κ2) is 5.69. The molecule has 1 aromatic rings. The molecule has 5 heteroatoms. The first-order valence-corrected chi connectivity index (χ1v) is 7.36. The van der Waals surface area contributed by atoms with Crippen LogP contribution in [0.25, 0.3) is 0 Å². The molecular weight excluding hydrogens is 232 g/mol. The summed E-state index contributed by atoms with van der Waals surface area (Å²) in [5.41, 5.74) is 2.42. The first-order valence-electron chi connectivity index (χ1n) is 6.13. The van der Waals surface area contributed by atoms with E-state index in [9.17, 15) is 0 Å². The second-order valence-corrected chi connectivity index (χ2v) is 4.96. The fraction of sp³-hybridized carbons (Fsp3) is 0.667. The standard InChI is InChI=1S/C12H20N4S/c1-4-10-9(2)14-12(17-3)15-11(10)16-7-5-13-6-8-16/h13H,4-8H2,1-3H3. The van der Waals surface area contributed by atoms with E-state index in [0.29, 0.717) is 0 Å². The normalized spacial score (nSPS) is 16.3. The van der Waals surface area contributed by atoms with Gasteiger partial charge in [0.1, 0.15) is 5.82 Å². The SMILES string of the molecule is CCc1c(C)nc(SC)nc1N1CCNCC1. The minimum absolute atomic E-state index is 0.883. The van der Waals surface area contributed by atoms with Crippen molar-refractivity contribution in [3.63, 3.8) is 0 Å². The van der Waals surface area contributed by atoms with Gasteiger partial charge in [-0.1, -0.05) is 18.7 Å². The van der Waals surface area contributed by atoms with Crippen molar-refractivity contribution in [2.24, 2.45) is 0 Å². The summed E-state index contributed by atoms with van der Waals surface area (Å²) in [6, 6.07) is 0. The maximum Gasteiger partial charge on any atom is 0.189 e. The zero-order valence-corrected chi connectivity index (χ0v) is 11.6. The van der Waals surface area contributed by atoms with E-state index in [1.165, 1.54) is 5.56 Å². The van der Waals surface area contributed by atoms with Crippen molar-refractivity contribution in [1.82, 2.24) is 15.3 Å². The average molecular weight is 252 g/mol. The third-order valence-electron chi connectivity index (χ3n) is 3.12. The molecule has 0 bridgehead atoms. The van der Waals surface area contributed by atoms with Crippen LogP contribution in [0.4, 0.5) is 5.82 Å². The van der Waals surface area contributed by atoms with E-state index in [4.69, 9.17) is 4.98 Å². The molecule has 1 aromatic heterocycles. The van der Waals surface area contributed by atoms with Crippen LogP contribution in [0.2, 0.25) is 0 Å². The van der Waals surface area contributed by atoms with Crippen LogP contribution < -0.4 is 10.2 Å². The summed E-state index contributed by atoms with van der Waals surface area (Å²) in [6.07, 6.45) is 3.03. The van der Waals surface area contributed by atoms with E-state index in [1.54, 1.807) is 11.8 Å². The molecule has 0 aromatic carbocycles. The molecule has 0 atom stereocenters. The molecule has 2 heterocycles. The topological polar surface area (TPSA) is 41.1 Å². The number of thioether (sulfide) groups is 1. The van der Waals surface area contributed by atoms with Crippen molar-refractivity contribution in [3.8, 4) is 0 Å². The van der Waals surface area contributed by atoms with Crippen LogP contribution in [0.3, 0.4) is 0 Å². The maximum atomic E-state index is 4.70. The molecule has 0 saturated carbocycles. The number of anilines is 1. The number of aromatic nitrogens is 2. The Morgan fingerprint density at radius 2 is 2.00 bits per heavy atom. The number of nitrogens with zero attached hydrogens (tertiary/aromatic N) is 3. The molecule has 1 saturated heterocycles. The van der Waals surface area contributed by atoms with Gasteiger partial charge >= 0.3 is 0 Å². The zero-order chi connectivity index (χ0) is 12.3. The molecule has 1 fully saturated rings. The number of nitrogens with one attached hydrogen (secondary N) is 1. The van der Waals surface area contributed by atoms with Gasteiger partial charge in [0, 0.05) is 37.4 Å². The summed E-state index contributed by atoms with van der Waals surface area (Å²) in [5.74, 6) is 1.14. The molecule has 0 amide bonds. The van der Waals surface area contributed by atoms with Crippen molar-refractivity contribution >= 4 is 17.6 Å². The molecule has 0 aliphatic carbocycles. The smallest absolute Gasteiger partial charge is 0.189 e. The molecule has 1 N–H and O–H groups in total. The summed E-state index contributed by atoms with van der Waals surface area (Å²) >= 11 is 1.62. The van der Waals surface area contributed by atoms with Crippen molar-refractivity contribution in [2.75, 3.05) is 37.3 Å². The fourth-order valence-corrected chi connectivity index (χ4v) is 2.61. The highest BCUT2D eigenvalue weighted by Crippen LogP contribution is 2.24. The predicted octanol–water partition coefficient (Wildman–Crippen LogP) is 1.48. The minimum atomic E-state index is 0.883. The van der Waals surface area contributed by atoms with Crippen LogP contribution in [0, 0.1) is 6.92 Å². The lowest BCUT2D eigenvalue weighted by molar-refractivity contribution is 0.580. The predicted molar refractivity (Wildman–Crippen MR) is 73.0 cm³/mol. The van der Waals surface area contributed by atoms with Crippen molar-refractivity contribution in [1.29, 1.82) is 0 Å². The Labute approximate surface area is 107 Å². The van der Waals surface area contributed by atoms with E-state index in [0.717, 1.165) is 49.3 Å². The highest BCUT2D eigenvalue weighted by atomic mass is 32.2. The van der Waals surface area contributed by atoms with Gasteiger partial charge < -0.3 is 10.2 Å². The first kappa shape index (κ1) is 12.6. The summed E-state index contributed by atoms with van der Waals surface area (Å²) in [7, 11) is 0. The molecule has 2 rings (SSSR count). The lowest BCUT2D eigenvalue weighted by atomic mass is 10.1. The van der Waals surface area contributed by atoms with Crippen LogP contribution in [0.15, 0.2) is 5.16 Å². The lowest BCUT2D eigenvalue weighted by Gasteiger charge is -2.30. The maximum absolute atomic E-state index is 4.70. The Morgan fingerprint density at radius 3 is 2.59 bits per heavy atom. The largest absolute Gasteiger partial charge is 0.354 e. The van der Waals surface area contributed by atoms with E-state index < -0.39 is 0 Å². The molecule has 17 heavy (non-hydrogen) atoms. The Bertz CT molecular complexity index is 388. The Balaban J connectivity index is 2.38. The quantitative estimate of drug-likeness (QED) is 0.652. The zero-order valence-electron chi connectivity index (χ0n) is 10.8. The van der Waals surface area contributed by atoms with Gasteiger partial charge in [-0.25, -0.2) is 9.97 Å². The number of hydrogen-bond donors (Lipinski definition) is 1. The van der Waals surface area contributed by atoms with Gasteiger partial charge in [0.2, 0.25) is 0 Å². The molecule has 4 nitrogen and oxygen atoms in total. The third-order valence-corrected chi connectivity index (χ3v) is 3.67. The van der Waals surface area contributed by atoms with Gasteiger partial charge in [-0.05, 0) is 19.6 Å². The molecular formula is C12H20N4S. The number of hydrogen-bond acceptors (Lipinski definition) is 5. The molecule has 0 radical (unpaired) electrons. The monoisotopic (exact) mass is 252 g/mol. The second-order valence-electron chi connectivity index (χ2n) is 4.19. The minimum Gasteiger partial charge on any atom is -0.354 e. The summed E-state index contributed by atoms with van der Waals surface area (Å²) in [5, 5.41) is 4.26. The van der Waals surface area contributed by atoms with Crippen LogP contribution in [-0.2, 0) is 6.42 Å². The highest BCUT2D eigenvalue weighted by molar-refractivity contribution is 7.98. The summed E-state index contributed by atoms with van der Waals surface area (Å²) in [4.78, 5) is 11.6. The average Bonchev–Trinajstić information content (AvgIpc) is 2.38. The molecule has 0 unspecified atom stereocenters. The molecule has 0 spiro atoms. The summed E-state index contributed by atoms with van der Waals surface area (Å²) < 4.78 is 0. The fourth-order valence-electron chi connectivity index (χ4n) is 2.20. The van der Waals surface area contributed by atoms with E-state index >= 15 is 0 Å². The van der Waals surface area contributed by atoms with Crippen molar-refractivity contribution in [2.45, 2.75) is 25.4 Å². The summed E-state index contributed by atoms with van der Waals surface area (Å²) in [6.45, 7) is 8.43. The van der Waals surface area contributed by atoms with Gasteiger partial charge in [-0.2, -0.15) is 0 Å². The van der Waals surface area contributed by atoms with Gasteiger partial charge in [0.25, 0.3) is 0 Å². The molecule has 1 aliphatic rings. The Hall–Kier alpha value is -0.810. The van der Waals surface area contributed by atoms with E-state index in [-0.39, 0.29) is 0 Å². The van der Waals surface area contributed by atoms with Gasteiger partial charge in [-0.3, -0.25) is 0 Å². The highest BCUT2D eigenvalue weighted by Gasteiger charge is 2.18. The van der Waals surface area contributed by atoms with Crippen molar-refractivity contribution in [3.05, 3.63) is 11.3 Å². The van der Waals surface area contributed by atoms with Crippen LogP contribution >= 0.6 is 11.8 Å². The molecule has 1 aliphatic heterocycles. The third kappa shape index (κ3) is 2.72. The number of aryl methyl sites for hydroxylation is 1. The van der Waals surface area contributed by atoms with E-state index in [2.05, 4.69) is 29.0 Å². The number of piperazine rings is 1. The number of rotatable bonds is 3. The molecule has 94 valence electrons. The van der Waals surface area contributed by atoms with Gasteiger partial charge in [-0.15, -0.1) is 0 Å². The van der Waals surface area contributed by atoms with Crippen LogP contribution in [0.5, 0.6) is 0 Å². The first-order chi connectivity index (χ1) is 8.26. The van der Waals surface area contributed by atoms with Crippen molar-refractivity contribution < 1.29 is 0 Å². The van der Waals surface area contributed by atoms with Crippen LogP contribution in [-0.4, -0.2) is 42.4 Å². The van der Waals surface area contributed by atoms with Crippen LogP contribution in [0.1, 0.15) is 18.2 Å². The van der Waals surface area contributed by atoms with Gasteiger partial charge in [0.15, 0.2) is 5.16 Å². The lowest BCUT2D eigenvalue weighted by Crippen LogP contribution is -2.44. The van der Waals surface area contributed by atoms with Gasteiger partial charge in [0.05, 0.1) is 0 Å². The van der Waals surface area contributed by atoms with E-state index in [1.807, 2.05) is 6.26 Å². The Kier molecular flexibility index (Phi) is 4.23. The Morgan fingerprint density at radius 1 is 1.29 bits per heavy atom.